The van der Waals surface area contributed by atoms with Gasteiger partial charge < -0.3 is 14.8 Å². The molecule has 0 aromatic heterocycles. The van der Waals surface area contributed by atoms with E-state index in [1.54, 1.807) is 50.2 Å². The maximum atomic E-state index is 12.6. The monoisotopic (exact) mass is 392 g/mol. The second-order valence-electron chi connectivity index (χ2n) is 5.60. The van der Waals surface area contributed by atoms with Gasteiger partial charge in [0.05, 0.1) is 12.0 Å². The van der Waals surface area contributed by atoms with E-state index in [1.165, 1.54) is 23.5 Å². The van der Waals surface area contributed by atoms with Crippen molar-refractivity contribution in [3.05, 3.63) is 48.5 Å². The Hall–Kier alpha value is -2.58. The Labute approximate surface area is 160 Å². The summed E-state index contributed by atoms with van der Waals surface area (Å²) in [6, 6.07) is 13.2. The Kier molecular flexibility index (Phi) is 7.20. The molecule has 0 aliphatic carbocycles. The molecule has 0 aliphatic heterocycles. The number of amides is 1. The number of nitrogens with zero attached hydrogens (tertiary/aromatic N) is 1. The number of carbonyl (C=O) groups is 1. The van der Waals surface area contributed by atoms with Crippen LogP contribution in [-0.4, -0.2) is 45.4 Å². The lowest BCUT2D eigenvalue weighted by Gasteiger charge is -2.19. The largest absolute Gasteiger partial charge is 0.493 e. The van der Waals surface area contributed by atoms with Crippen LogP contribution in [0.1, 0.15) is 13.8 Å². The fourth-order valence-corrected chi connectivity index (χ4v) is 4.03. The van der Waals surface area contributed by atoms with Crippen molar-refractivity contribution in [3.8, 4) is 11.5 Å². The molecule has 0 heterocycles. The molecular weight excluding hydrogens is 368 g/mol. The first-order valence-electron chi connectivity index (χ1n) is 8.58. The van der Waals surface area contributed by atoms with Crippen molar-refractivity contribution in [2.24, 2.45) is 0 Å². The number of anilines is 1. The van der Waals surface area contributed by atoms with Gasteiger partial charge >= 0.3 is 0 Å². The van der Waals surface area contributed by atoms with E-state index in [1.807, 2.05) is 0 Å². The molecule has 0 radical (unpaired) electrons. The van der Waals surface area contributed by atoms with Crippen LogP contribution >= 0.6 is 0 Å². The summed E-state index contributed by atoms with van der Waals surface area (Å²) in [6.07, 6.45) is 0. The zero-order chi connectivity index (χ0) is 19.9. The Bertz CT molecular complexity index is 879. The highest BCUT2D eigenvalue weighted by molar-refractivity contribution is 7.89. The third kappa shape index (κ3) is 5.21. The number of rotatable bonds is 9. The fourth-order valence-electron chi connectivity index (χ4n) is 2.53. The average Bonchev–Trinajstić information content (AvgIpc) is 2.67. The van der Waals surface area contributed by atoms with Crippen molar-refractivity contribution in [1.82, 2.24) is 4.31 Å². The average molecular weight is 392 g/mol. The number of hydrogen-bond donors (Lipinski definition) is 1. The van der Waals surface area contributed by atoms with Crippen molar-refractivity contribution in [1.29, 1.82) is 0 Å². The molecule has 0 fully saturated rings. The van der Waals surface area contributed by atoms with E-state index in [9.17, 15) is 13.2 Å². The van der Waals surface area contributed by atoms with E-state index in [4.69, 9.17) is 9.47 Å². The highest BCUT2D eigenvalue weighted by atomic mass is 32.2. The highest BCUT2D eigenvalue weighted by Crippen LogP contribution is 2.25. The summed E-state index contributed by atoms with van der Waals surface area (Å²) in [7, 11) is -2.07. The minimum atomic E-state index is -3.59. The first-order chi connectivity index (χ1) is 12.9. The van der Waals surface area contributed by atoms with Crippen molar-refractivity contribution in [3.63, 3.8) is 0 Å². The molecule has 7 nitrogen and oxygen atoms in total. The molecule has 2 rings (SSSR count). The standard InChI is InChI=1S/C19H24N2O5S/c1-4-21(5-2)27(23,24)16-10-8-9-15(13-16)20-19(22)14-26-18-12-7-6-11-17(18)25-3/h6-13H,4-5,14H2,1-3H3,(H,20,22). The lowest BCUT2D eigenvalue weighted by atomic mass is 10.3. The van der Waals surface area contributed by atoms with Crippen LogP contribution in [0, 0.1) is 0 Å². The van der Waals surface area contributed by atoms with Crippen molar-refractivity contribution in [2.45, 2.75) is 18.7 Å². The number of hydrogen-bond acceptors (Lipinski definition) is 5. The number of carbonyl (C=O) groups excluding carboxylic acids is 1. The minimum absolute atomic E-state index is 0.134. The second-order valence-corrected chi connectivity index (χ2v) is 7.54. The van der Waals surface area contributed by atoms with Crippen LogP contribution in [0.4, 0.5) is 5.69 Å². The smallest absolute Gasteiger partial charge is 0.262 e. The van der Waals surface area contributed by atoms with Gasteiger partial charge in [0, 0.05) is 18.8 Å². The maximum absolute atomic E-state index is 12.6. The summed E-state index contributed by atoms with van der Waals surface area (Å²) in [4.78, 5) is 12.3. The summed E-state index contributed by atoms with van der Waals surface area (Å²) >= 11 is 0. The van der Waals surface area contributed by atoms with E-state index < -0.39 is 15.9 Å². The maximum Gasteiger partial charge on any atom is 0.262 e. The van der Waals surface area contributed by atoms with E-state index in [0.717, 1.165) is 0 Å². The summed E-state index contributed by atoms with van der Waals surface area (Å²) in [5, 5.41) is 2.65. The molecule has 1 N–H and O–H groups in total. The van der Waals surface area contributed by atoms with E-state index in [2.05, 4.69) is 5.32 Å². The first-order valence-corrected chi connectivity index (χ1v) is 10.0. The molecule has 0 saturated heterocycles. The normalized spacial score (nSPS) is 11.3. The Morgan fingerprint density at radius 2 is 1.70 bits per heavy atom. The quantitative estimate of drug-likeness (QED) is 0.709. The molecule has 0 atom stereocenters. The highest BCUT2D eigenvalue weighted by Gasteiger charge is 2.21. The second kappa shape index (κ2) is 9.38. The first kappa shape index (κ1) is 20.7. The predicted octanol–water partition coefficient (Wildman–Crippen LogP) is 2.74. The van der Waals surface area contributed by atoms with Gasteiger partial charge in [0.15, 0.2) is 18.1 Å². The number of ether oxygens (including phenoxy) is 2. The Balaban J connectivity index is 2.06. The van der Waals surface area contributed by atoms with Crippen molar-refractivity contribution >= 4 is 21.6 Å². The van der Waals surface area contributed by atoms with Crippen molar-refractivity contribution < 1.29 is 22.7 Å². The Morgan fingerprint density at radius 3 is 2.33 bits per heavy atom. The molecule has 0 saturated carbocycles. The third-order valence-electron chi connectivity index (χ3n) is 3.89. The van der Waals surface area contributed by atoms with Crippen LogP contribution in [0.3, 0.4) is 0 Å². The van der Waals surface area contributed by atoms with Crippen LogP contribution in [0.5, 0.6) is 11.5 Å². The van der Waals surface area contributed by atoms with Gasteiger partial charge in [0.25, 0.3) is 5.91 Å². The molecule has 1 amide bonds. The summed E-state index contributed by atoms with van der Waals surface area (Å²) < 4.78 is 37.2. The van der Waals surface area contributed by atoms with Gasteiger partial charge in [0.2, 0.25) is 10.0 Å². The van der Waals surface area contributed by atoms with E-state index in [0.29, 0.717) is 30.3 Å². The van der Waals surface area contributed by atoms with E-state index >= 15 is 0 Å². The minimum Gasteiger partial charge on any atom is -0.493 e. The van der Waals surface area contributed by atoms with Gasteiger partial charge in [-0.05, 0) is 30.3 Å². The summed E-state index contributed by atoms with van der Waals surface area (Å²) in [5.74, 6) is 0.573. The molecule has 8 heteroatoms. The third-order valence-corrected chi connectivity index (χ3v) is 5.93. The zero-order valence-corrected chi connectivity index (χ0v) is 16.5. The fraction of sp³-hybridized carbons (Fsp3) is 0.316. The molecular formula is C19H24N2O5S. The zero-order valence-electron chi connectivity index (χ0n) is 15.6. The molecule has 0 bridgehead atoms. The van der Waals surface area contributed by atoms with Crippen LogP contribution < -0.4 is 14.8 Å². The molecule has 2 aromatic carbocycles. The van der Waals surface area contributed by atoms with Gasteiger partial charge in [-0.1, -0.05) is 32.0 Å². The van der Waals surface area contributed by atoms with Gasteiger partial charge in [-0.2, -0.15) is 4.31 Å². The molecule has 2 aromatic rings. The molecule has 0 unspecified atom stereocenters. The van der Waals surface area contributed by atoms with Gasteiger partial charge in [-0.25, -0.2) is 8.42 Å². The Morgan fingerprint density at radius 1 is 1.04 bits per heavy atom. The molecule has 146 valence electrons. The lowest BCUT2D eigenvalue weighted by molar-refractivity contribution is -0.118. The topological polar surface area (TPSA) is 84.9 Å². The predicted molar refractivity (Wildman–Crippen MR) is 104 cm³/mol. The number of nitrogens with one attached hydrogen (secondary N) is 1. The SMILES string of the molecule is CCN(CC)S(=O)(=O)c1cccc(NC(=O)COc2ccccc2OC)c1. The number of methoxy groups -OCH3 is 1. The lowest BCUT2D eigenvalue weighted by Crippen LogP contribution is -2.30. The number of para-hydroxylation sites is 2. The van der Waals surface area contributed by atoms with E-state index in [-0.39, 0.29) is 11.5 Å². The van der Waals surface area contributed by atoms with Crippen LogP contribution in [0.2, 0.25) is 0 Å². The summed E-state index contributed by atoms with van der Waals surface area (Å²) in [6.45, 7) is 4.08. The van der Waals surface area contributed by atoms with Crippen LogP contribution in [-0.2, 0) is 14.8 Å². The van der Waals surface area contributed by atoms with Crippen LogP contribution in [0.25, 0.3) is 0 Å². The number of benzene rings is 2. The van der Waals surface area contributed by atoms with Gasteiger partial charge in [0.1, 0.15) is 0 Å². The molecule has 27 heavy (non-hydrogen) atoms. The van der Waals surface area contributed by atoms with Gasteiger partial charge in [-0.3, -0.25) is 4.79 Å². The van der Waals surface area contributed by atoms with Crippen LogP contribution in [0.15, 0.2) is 53.4 Å². The molecule has 0 spiro atoms. The summed E-state index contributed by atoms with van der Waals surface area (Å²) in [5.41, 5.74) is 0.386. The van der Waals surface area contributed by atoms with Gasteiger partial charge in [-0.15, -0.1) is 0 Å². The molecule has 0 aliphatic rings. The number of sulfonamides is 1. The van der Waals surface area contributed by atoms with Crippen molar-refractivity contribution in [2.75, 3.05) is 32.1 Å².